The maximum absolute atomic E-state index is 13.2. The van der Waals surface area contributed by atoms with Gasteiger partial charge in [-0.3, -0.25) is 4.89 Å². The van der Waals surface area contributed by atoms with E-state index in [1.54, 1.807) is 25.7 Å². The summed E-state index contributed by atoms with van der Waals surface area (Å²) in [7, 11) is 0. The molecule has 2 fully saturated rings. The topological polar surface area (TPSA) is 94.6 Å². The number of likely N-dealkylation sites (tertiary alicyclic amines) is 1. The van der Waals surface area contributed by atoms with Crippen molar-refractivity contribution in [1.29, 1.82) is 0 Å². The standard InChI is InChI=1S/C20H34N2O7/c1-18(2,3)29-28-16(24)15(23)27-14-12-19(4,5)22(20(6,7)13-14)17(25)21-8-10-26-11-9-21/h14H,8-13H2,1-7H3. The monoisotopic (exact) mass is 414 g/mol. The third-order valence-corrected chi connectivity index (χ3v) is 4.95. The van der Waals surface area contributed by atoms with Crippen LogP contribution >= 0.6 is 0 Å². The molecule has 29 heavy (non-hydrogen) atoms. The highest BCUT2D eigenvalue weighted by molar-refractivity contribution is 6.29. The fourth-order valence-corrected chi connectivity index (χ4v) is 4.08. The van der Waals surface area contributed by atoms with Gasteiger partial charge in [0.05, 0.1) is 13.2 Å². The van der Waals surface area contributed by atoms with E-state index in [-0.39, 0.29) is 6.03 Å². The zero-order chi connectivity index (χ0) is 22.0. The van der Waals surface area contributed by atoms with Crippen molar-refractivity contribution in [3.05, 3.63) is 0 Å². The van der Waals surface area contributed by atoms with Gasteiger partial charge in [0, 0.05) is 37.0 Å². The third-order valence-electron chi connectivity index (χ3n) is 4.95. The molecule has 9 nitrogen and oxygen atoms in total. The minimum absolute atomic E-state index is 0.0499. The van der Waals surface area contributed by atoms with Crippen LogP contribution in [-0.4, -0.2) is 76.9 Å². The van der Waals surface area contributed by atoms with Crippen molar-refractivity contribution in [3.63, 3.8) is 0 Å². The maximum atomic E-state index is 13.2. The van der Waals surface area contributed by atoms with E-state index in [4.69, 9.17) is 14.4 Å². The number of amides is 2. The molecule has 0 aliphatic carbocycles. The molecule has 0 radical (unpaired) electrons. The second kappa shape index (κ2) is 8.47. The second-order valence-corrected chi connectivity index (χ2v) is 9.84. The summed E-state index contributed by atoms with van der Waals surface area (Å²) >= 11 is 0. The van der Waals surface area contributed by atoms with Crippen LogP contribution in [0.4, 0.5) is 4.79 Å². The van der Waals surface area contributed by atoms with Gasteiger partial charge in [0.1, 0.15) is 11.7 Å². The number of carbonyl (C=O) groups excluding carboxylic acids is 3. The van der Waals surface area contributed by atoms with Crippen molar-refractivity contribution in [1.82, 2.24) is 9.80 Å². The maximum Gasteiger partial charge on any atom is 0.449 e. The van der Waals surface area contributed by atoms with Gasteiger partial charge in [0.25, 0.3) is 0 Å². The van der Waals surface area contributed by atoms with E-state index in [0.29, 0.717) is 39.1 Å². The van der Waals surface area contributed by atoms with Gasteiger partial charge >= 0.3 is 18.0 Å². The van der Waals surface area contributed by atoms with E-state index in [2.05, 4.69) is 4.89 Å². The van der Waals surface area contributed by atoms with Gasteiger partial charge in [-0.05, 0) is 48.5 Å². The summed E-state index contributed by atoms with van der Waals surface area (Å²) in [4.78, 5) is 50.3. The van der Waals surface area contributed by atoms with Crippen molar-refractivity contribution < 1.29 is 33.6 Å². The minimum Gasteiger partial charge on any atom is -0.454 e. The van der Waals surface area contributed by atoms with Crippen LogP contribution in [0.1, 0.15) is 61.3 Å². The summed E-state index contributed by atoms with van der Waals surface area (Å²) in [6.45, 7) is 15.0. The zero-order valence-electron chi connectivity index (χ0n) is 18.6. The molecule has 2 saturated heterocycles. The SMILES string of the molecule is CC(C)(C)OOC(=O)C(=O)OC1CC(C)(C)N(C(=O)N2CCOCC2)C(C)(C)C1. The Labute approximate surface area is 172 Å². The molecule has 0 aromatic carbocycles. The van der Waals surface area contributed by atoms with E-state index in [9.17, 15) is 14.4 Å². The Morgan fingerprint density at radius 1 is 0.931 bits per heavy atom. The molecule has 0 aromatic heterocycles. The van der Waals surface area contributed by atoms with Gasteiger partial charge in [-0.25, -0.2) is 14.4 Å². The molecular weight excluding hydrogens is 380 g/mol. The highest BCUT2D eigenvalue weighted by Crippen LogP contribution is 2.40. The van der Waals surface area contributed by atoms with Gasteiger partial charge in [-0.15, -0.1) is 0 Å². The first-order valence-corrected chi connectivity index (χ1v) is 10.0. The van der Waals surface area contributed by atoms with Crippen LogP contribution < -0.4 is 0 Å². The van der Waals surface area contributed by atoms with Crippen LogP contribution in [-0.2, 0) is 28.8 Å². The highest BCUT2D eigenvalue weighted by Gasteiger charge is 2.50. The number of hydrogen-bond acceptors (Lipinski definition) is 7. The largest absolute Gasteiger partial charge is 0.454 e. The van der Waals surface area contributed by atoms with Crippen molar-refractivity contribution in [2.45, 2.75) is 84.1 Å². The molecule has 0 unspecified atom stereocenters. The number of ether oxygens (including phenoxy) is 2. The Kier molecular flexibility index (Phi) is 6.84. The lowest BCUT2D eigenvalue weighted by atomic mass is 9.78. The summed E-state index contributed by atoms with van der Waals surface area (Å²) in [6, 6.07) is -0.0499. The molecular formula is C20H34N2O7. The lowest BCUT2D eigenvalue weighted by Gasteiger charge is -2.55. The number of esters is 1. The number of piperidine rings is 1. The highest BCUT2D eigenvalue weighted by atomic mass is 17.2. The molecule has 2 heterocycles. The van der Waals surface area contributed by atoms with Crippen LogP contribution in [0.15, 0.2) is 0 Å². The van der Waals surface area contributed by atoms with E-state index in [0.717, 1.165) is 0 Å². The van der Waals surface area contributed by atoms with Gasteiger partial charge in [0.15, 0.2) is 0 Å². The molecule has 9 heteroatoms. The Morgan fingerprint density at radius 3 is 1.93 bits per heavy atom. The molecule has 0 saturated carbocycles. The smallest absolute Gasteiger partial charge is 0.449 e. The Balaban J connectivity index is 2.04. The average molecular weight is 414 g/mol. The average Bonchev–Trinajstić information content (AvgIpc) is 2.57. The first-order chi connectivity index (χ1) is 13.2. The fourth-order valence-electron chi connectivity index (χ4n) is 4.08. The molecule has 166 valence electrons. The van der Waals surface area contributed by atoms with E-state index in [1.165, 1.54) is 0 Å². The summed E-state index contributed by atoms with van der Waals surface area (Å²) in [5.41, 5.74) is -1.88. The third kappa shape index (κ3) is 6.05. The van der Waals surface area contributed by atoms with E-state index in [1.807, 2.05) is 32.6 Å². The summed E-state index contributed by atoms with van der Waals surface area (Å²) in [5, 5.41) is 0. The molecule has 0 aromatic rings. The summed E-state index contributed by atoms with van der Waals surface area (Å²) in [5.74, 6) is -2.29. The molecule has 0 atom stereocenters. The van der Waals surface area contributed by atoms with Crippen molar-refractivity contribution in [3.8, 4) is 0 Å². The molecule has 2 aliphatic rings. The fraction of sp³-hybridized carbons (Fsp3) is 0.850. The first-order valence-electron chi connectivity index (χ1n) is 10.0. The lowest BCUT2D eigenvalue weighted by molar-refractivity contribution is -0.319. The molecule has 2 amide bonds. The van der Waals surface area contributed by atoms with Crippen molar-refractivity contribution in [2.24, 2.45) is 0 Å². The predicted molar refractivity (Wildman–Crippen MR) is 104 cm³/mol. The number of carbonyl (C=O) groups is 3. The molecule has 2 rings (SSSR count). The van der Waals surface area contributed by atoms with Gasteiger partial charge in [0.2, 0.25) is 0 Å². The minimum atomic E-state index is -1.19. The number of hydrogen-bond donors (Lipinski definition) is 0. The number of urea groups is 1. The predicted octanol–water partition coefficient (Wildman–Crippen LogP) is 2.28. The van der Waals surface area contributed by atoms with Crippen LogP contribution in [0, 0.1) is 0 Å². The Bertz CT molecular complexity index is 615. The second-order valence-electron chi connectivity index (χ2n) is 9.84. The Hall–Kier alpha value is -1.87. The Morgan fingerprint density at radius 2 is 1.45 bits per heavy atom. The van der Waals surface area contributed by atoms with Crippen molar-refractivity contribution in [2.75, 3.05) is 26.3 Å². The molecule has 0 bridgehead atoms. The van der Waals surface area contributed by atoms with Gasteiger partial charge < -0.3 is 19.3 Å². The lowest BCUT2D eigenvalue weighted by Crippen LogP contribution is -2.67. The zero-order valence-corrected chi connectivity index (χ0v) is 18.6. The number of rotatable bonds is 2. The van der Waals surface area contributed by atoms with Gasteiger partial charge in [-0.1, -0.05) is 0 Å². The van der Waals surface area contributed by atoms with E-state index >= 15 is 0 Å². The molecule has 2 aliphatic heterocycles. The normalized spacial score (nSPS) is 22.2. The van der Waals surface area contributed by atoms with E-state index < -0.39 is 34.7 Å². The molecule has 0 spiro atoms. The number of nitrogens with zero attached hydrogens (tertiary/aromatic N) is 2. The quantitative estimate of drug-likeness (QED) is 0.296. The van der Waals surface area contributed by atoms with Gasteiger partial charge in [-0.2, -0.15) is 4.89 Å². The van der Waals surface area contributed by atoms with Crippen molar-refractivity contribution >= 4 is 18.0 Å². The summed E-state index contributed by atoms with van der Waals surface area (Å²) in [6.07, 6.45) is 0.292. The first kappa shape index (κ1) is 23.4. The summed E-state index contributed by atoms with van der Waals surface area (Å²) < 4.78 is 10.7. The molecule has 0 N–H and O–H groups in total. The van der Waals surface area contributed by atoms with Crippen LogP contribution in [0.25, 0.3) is 0 Å². The van der Waals surface area contributed by atoms with Crippen LogP contribution in [0.2, 0.25) is 0 Å². The van der Waals surface area contributed by atoms with Crippen LogP contribution in [0.5, 0.6) is 0 Å². The van der Waals surface area contributed by atoms with Crippen LogP contribution in [0.3, 0.4) is 0 Å². The number of morpholine rings is 1.